The number of nitrogens with two attached hydrogens (primary N) is 1. The molecule has 0 amide bonds. The molecule has 3 aromatic rings. The minimum atomic E-state index is 0.746. The van der Waals surface area contributed by atoms with Crippen molar-refractivity contribution in [1.82, 2.24) is 14.5 Å². The summed E-state index contributed by atoms with van der Waals surface area (Å²) in [6.07, 6.45) is 1.75. The first kappa shape index (κ1) is 10.8. The van der Waals surface area contributed by atoms with Gasteiger partial charge in [0.15, 0.2) is 5.65 Å². The van der Waals surface area contributed by atoms with Crippen LogP contribution < -0.4 is 5.73 Å². The second kappa shape index (κ2) is 3.84. The van der Waals surface area contributed by atoms with Crippen molar-refractivity contribution in [2.75, 3.05) is 5.73 Å². The van der Waals surface area contributed by atoms with Gasteiger partial charge in [0.25, 0.3) is 0 Å². The molecule has 3 rings (SSSR count). The summed E-state index contributed by atoms with van der Waals surface area (Å²) >= 11 is 0. The molecule has 0 fully saturated rings. The molecule has 4 nitrogen and oxygen atoms in total. The summed E-state index contributed by atoms with van der Waals surface area (Å²) in [6, 6.07) is 9.90. The second-order valence-electron chi connectivity index (χ2n) is 4.38. The number of nitrogen functional groups attached to an aromatic ring is 1. The van der Waals surface area contributed by atoms with Crippen LogP contribution in [0.1, 0.15) is 5.56 Å². The molecule has 0 aliphatic heterocycles. The monoisotopic (exact) mass is 238 g/mol. The Hall–Kier alpha value is -2.36. The van der Waals surface area contributed by atoms with Gasteiger partial charge in [-0.05, 0) is 30.7 Å². The summed E-state index contributed by atoms with van der Waals surface area (Å²) < 4.78 is 2.02. The SMILES string of the molecule is Cc1cccc(-c2nc3ncccc3n2C)c1N. The number of pyridine rings is 1. The Balaban J connectivity index is 2.32. The Morgan fingerprint density at radius 2 is 2.00 bits per heavy atom. The van der Waals surface area contributed by atoms with Gasteiger partial charge >= 0.3 is 0 Å². The Morgan fingerprint density at radius 1 is 1.17 bits per heavy atom. The van der Waals surface area contributed by atoms with Gasteiger partial charge in [-0.3, -0.25) is 0 Å². The lowest BCUT2D eigenvalue weighted by molar-refractivity contribution is 0.959. The number of aryl methyl sites for hydroxylation is 2. The second-order valence-corrected chi connectivity index (χ2v) is 4.38. The van der Waals surface area contributed by atoms with Crippen molar-refractivity contribution in [3.8, 4) is 11.4 Å². The van der Waals surface area contributed by atoms with Crippen LogP contribution in [0.4, 0.5) is 5.69 Å². The highest BCUT2D eigenvalue weighted by Crippen LogP contribution is 2.29. The van der Waals surface area contributed by atoms with E-state index < -0.39 is 0 Å². The molecule has 2 heterocycles. The molecule has 18 heavy (non-hydrogen) atoms. The minimum absolute atomic E-state index is 0.746. The van der Waals surface area contributed by atoms with Crippen LogP contribution in [0, 0.1) is 6.92 Å². The molecular weight excluding hydrogens is 224 g/mol. The van der Waals surface area contributed by atoms with Gasteiger partial charge in [0.05, 0.1) is 5.52 Å². The van der Waals surface area contributed by atoms with Crippen molar-refractivity contribution in [3.05, 3.63) is 42.1 Å². The molecule has 0 spiro atoms. The molecule has 1 aromatic carbocycles. The standard InChI is InChI=1S/C14H14N4/c1-9-5-3-6-10(12(9)15)14-17-13-11(18(14)2)7-4-8-16-13/h3-8H,15H2,1-2H3. The summed E-state index contributed by atoms with van der Waals surface area (Å²) in [5.74, 6) is 0.852. The molecule has 0 saturated heterocycles. The Labute approximate surface area is 105 Å². The van der Waals surface area contributed by atoms with Gasteiger partial charge in [0.1, 0.15) is 5.82 Å². The number of aromatic nitrogens is 3. The predicted molar refractivity (Wildman–Crippen MR) is 73.1 cm³/mol. The molecule has 0 aliphatic carbocycles. The van der Waals surface area contributed by atoms with Crippen molar-refractivity contribution in [1.29, 1.82) is 0 Å². The molecule has 2 N–H and O–H groups in total. The third kappa shape index (κ3) is 1.46. The fourth-order valence-corrected chi connectivity index (χ4v) is 2.14. The van der Waals surface area contributed by atoms with Crippen LogP contribution in [-0.2, 0) is 7.05 Å². The lowest BCUT2D eigenvalue weighted by Crippen LogP contribution is -1.98. The van der Waals surface area contributed by atoms with Crippen molar-refractivity contribution in [2.24, 2.45) is 7.05 Å². The molecule has 0 unspecified atom stereocenters. The highest BCUT2D eigenvalue weighted by Gasteiger charge is 2.13. The van der Waals surface area contributed by atoms with E-state index in [1.54, 1.807) is 6.20 Å². The number of hydrogen-bond acceptors (Lipinski definition) is 3. The van der Waals surface area contributed by atoms with E-state index >= 15 is 0 Å². The van der Waals surface area contributed by atoms with E-state index in [1.807, 2.05) is 48.9 Å². The van der Waals surface area contributed by atoms with Gasteiger partial charge in [-0.25, -0.2) is 9.97 Å². The maximum absolute atomic E-state index is 6.13. The molecule has 0 bridgehead atoms. The average molecular weight is 238 g/mol. The van der Waals surface area contributed by atoms with E-state index in [4.69, 9.17) is 5.73 Å². The van der Waals surface area contributed by atoms with Gasteiger partial charge < -0.3 is 10.3 Å². The van der Waals surface area contributed by atoms with Crippen molar-refractivity contribution >= 4 is 16.9 Å². The van der Waals surface area contributed by atoms with E-state index in [-0.39, 0.29) is 0 Å². The third-order valence-corrected chi connectivity index (χ3v) is 3.22. The highest BCUT2D eigenvalue weighted by atomic mass is 15.1. The molecule has 0 saturated carbocycles. The van der Waals surface area contributed by atoms with Crippen LogP contribution in [0.5, 0.6) is 0 Å². The summed E-state index contributed by atoms with van der Waals surface area (Å²) in [7, 11) is 1.98. The molecule has 0 atom stereocenters. The Bertz CT molecular complexity index is 728. The maximum atomic E-state index is 6.13. The first-order valence-corrected chi connectivity index (χ1v) is 5.81. The fourth-order valence-electron chi connectivity index (χ4n) is 2.14. The summed E-state index contributed by atoms with van der Waals surface area (Å²) in [4.78, 5) is 8.82. The highest BCUT2D eigenvalue weighted by molar-refractivity contribution is 5.82. The number of benzene rings is 1. The van der Waals surface area contributed by atoms with E-state index in [2.05, 4.69) is 9.97 Å². The van der Waals surface area contributed by atoms with Crippen LogP contribution >= 0.6 is 0 Å². The normalized spacial score (nSPS) is 11.0. The van der Waals surface area contributed by atoms with E-state index in [0.717, 1.165) is 33.8 Å². The number of nitrogens with zero attached hydrogens (tertiary/aromatic N) is 3. The lowest BCUT2D eigenvalue weighted by atomic mass is 10.1. The Kier molecular flexibility index (Phi) is 2.30. The van der Waals surface area contributed by atoms with Gasteiger partial charge in [0, 0.05) is 24.5 Å². The van der Waals surface area contributed by atoms with Crippen LogP contribution in [0.3, 0.4) is 0 Å². The molecule has 0 radical (unpaired) electrons. The summed E-state index contributed by atoms with van der Waals surface area (Å²) in [5, 5.41) is 0. The minimum Gasteiger partial charge on any atom is -0.398 e. The maximum Gasteiger partial charge on any atom is 0.178 e. The number of hydrogen-bond donors (Lipinski definition) is 1. The number of fused-ring (bicyclic) bond motifs is 1. The fraction of sp³-hybridized carbons (Fsp3) is 0.143. The van der Waals surface area contributed by atoms with Crippen molar-refractivity contribution < 1.29 is 0 Å². The zero-order valence-electron chi connectivity index (χ0n) is 10.4. The van der Waals surface area contributed by atoms with Crippen LogP contribution in [0.25, 0.3) is 22.6 Å². The molecular formula is C14H14N4. The number of rotatable bonds is 1. The van der Waals surface area contributed by atoms with Gasteiger partial charge in [0.2, 0.25) is 0 Å². The first-order chi connectivity index (χ1) is 8.68. The number of anilines is 1. The zero-order valence-corrected chi connectivity index (χ0v) is 10.4. The molecule has 0 aliphatic rings. The number of para-hydroxylation sites is 1. The Morgan fingerprint density at radius 3 is 2.78 bits per heavy atom. The summed E-state index contributed by atoms with van der Waals surface area (Å²) in [6.45, 7) is 2.00. The first-order valence-electron chi connectivity index (χ1n) is 5.81. The molecule has 90 valence electrons. The topological polar surface area (TPSA) is 56.7 Å². The van der Waals surface area contributed by atoms with Gasteiger partial charge in [-0.15, -0.1) is 0 Å². The van der Waals surface area contributed by atoms with Crippen LogP contribution in [0.15, 0.2) is 36.5 Å². The van der Waals surface area contributed by atoms with E-state index in [9.17, 15) is 0 Å². The van der Waals surface area contributed by atoms with Gasteiger partial charge in [-0.2, -0.15) is 0 Å². The number of imidazole rings is 1. The smallest absolute Gasteiger partial charge is 0.178 e. The quantitative estimate of drug-likeness (QED) is 0.663. The van der Waals surface area contributed by atoms with Crippen LogP contribution in [0.2, 0.25) is 0 Å². The third-order valence-electron chi connectivity index (χ3n) is 3.22. The van der Waals surface area contributed by atoms with E-state index in [0.29, 0.717) is 0 Å². The van der Waals surface area contributed by atoms with Gasteiger partial charge in [-0.1, -0.05) is 12.1 Å². The lowest BCUT2D eigenvalue weighted by Gasteiger charge is -2.07. The van der Waals surface area contributed by atoms with Crippen molar-refractivity contribution in [2.45, 2.75) is 6.92 Å². The zero-order chi connectivity index (χ0) is 12.7. The van der Waals surface area contributed by atoms with Crippen LogP contribution in [-0.4, -0.2) is 14.5 Å². The van der Waals surface area contributed by atoms with Crippen molar-refractivity contribution in [3.63, 3.8) is 0 Å². The predicted octanol–water partition coefficient (Wildman–Crippen LogP) is 2.53. The van der Waals surface area contributed by atoms with E-state index in [1.165, 1.54) is 0 Å². The average Bonchev–Trinajstić information content (AvgIpc) is 2.71. The molecule has 2 aromatic heterocycles. The molecule has 4 heteroatoms. The summed E-state index contributed by atoms with van der Waals surface area (Å²) in [5.41, 5.74) is 10.7. The largest absolute Gasteiger partial charge is 0.398 e.